The number of thiophene rings is 1. The molecule has 2 atom stereocenters. The average Bonchev–Trinajstić information content (AvgIpc) is 2.86. The lowest BCUT2D eigenvalue weighted by Crippen LogP contribution is -2.16. The normalized spacial score (nSPS) is 14.3. The number of nitrogens with one attached hydrogen (secondary N) is 1. The smallest absolute Gasteiger partial charge is 0.0668 e. The van der Waals surface area contributed by atoms with Gasteiger partial charge in [-0.25, -0.2) is 0 Å². The molecule has 0 saturated heterocycles. The summed E-state index contributed by atoms with van der Waals surface area (Å²) in [6, 6.07) is 13.8. The molecule has 0 spiro atoms. The van der Waals surface area contributed by atoms with Crippen LogP contribution in [0.5, 0.6) is 0 Å². The van der Waals surface area contributed by atoms with Gasteiger partial charge in [-0.15, -0.1) is 11.3 Å². The molecule has 0 radical (unpaired) electrons. The van der Waals surface area contributed by atoms with Crippen LogP contribution < -0.4 is 5.32 Å². The van der Waals surface area contributed by atoms with Crippen molar-refractivity contribution < 1.29 is 0 Å². The van der Waals surface area contributed by atoms with Gasteiger partial charge in [0.25, 0.3) is 0 Å². The van der Waals surface area contributed by atoms with Crippen molar-refractivity contribution in [1.29, 1.82) is 0 Å². The predicted octanol–water partition coefficient (Wildman–Crippen LogP) is 4.88. The van der Waals surface area contributed by atoms with Crippen LogP contribution in [0.3, 0.4) is 0 Å². The summed E-state index contributed by atoms with van der Waals surface area (Å²) in [5.41, 5.74) is 2.78. The standard InChI is InChI=1S/C17H23NS/c1-5-12(2)14-7-9-15(10-8-14)17(18-4)16-11-6-13(3)19-16/h6-12,17-18H,5H2,1-4H3. The van der Waals surface area contributed by atoms with E-state index in [4.69, 9.17) is 0 Å². The first-order valence-electron chi connectivity index (χ1n) is 6.99. The fourth-order valence-corrected chi connectivity index (χ4v) is 3.35. The fraction of sp³-hybridized carbons (Fsp3) is 0.412. The number of hydrogen-bond donors (Lipinski definition) is 1. The Morgan fingerprint density at radius 2 is 1.68 bits per heavy atom. The summed E-state index contributed by atoms with van der Waals surface area (Å²) in [5, 5.41) is 3.42. The van der Waals surface area contributed by atoms with Gasteiger partial charge in [-0.1, -0.05) is 38.1 Å². The summed E-state index contributed by atoms with van der Waals surface area (Å²) in [7, 11) is 2.03. The summed E-state index contributed by atoms with van der Waals surface area (Å²) < 4.78 is 0. The zero-order chi connectivity index (χ0) is 13.8. The molecule has 1 N–H and O–H groups in total. The zero-order valence-electron chi connectivity index (χ0n) is 12.2. The van der Waals surface area contributed by atoms with E-state index in [2.05, 4.69) is 62.5 Å². The lowest BCUT2D eigenvalue weighted by Gasteiger charge is -2.16. The SMILES string of the molecule is CCC(C)c1ccc(C(NC)c2ccc(C)s2)cc1. The van der Waals surface area contributed by atoms with Gasteiger partial charge in [0, 0.05) is 9.75 Å². The molecule has 2 aromatic rings. The van der Waals surface area contributed by atoms with Gasteiger partial charge < -0.3 is 5.32 Å². The molecule has 0 saturated carbocycles. The van der Waals surface area contributed by atoms with Crippen LogP contribution in [-0.2, 0) is 0 Å². The molecule has 0 fully saturated rings. The van der Waals surface area contributed by atoms with Gasteiger partial charge in [0.1, 0.15) is 0 Å². The van der Waals surface area contributed by atoms with Gasteiger partial charge >= 0.3 is 0 Å². The van der Waals surface area contributed by atoms with Crippen molar-refractivity contribution in [2.45, 2.75) is 39.2 Å². The van der Waals surface area contributed by atoms with E-state index in [0.29, 0.717) is 12.0 Å². The maximum absolute atomic E-state index is 3.42. The van der Waals surface area contributed by atoms with Crippen molar-refractivity contribution >= 4 is 11.3 Å². The molecule has 0 aliphatic heterocycles. The number of aryl methyl sites for hydroxylation is 1. The summed E-state index contributed by atoms with van der Waals surface area (Å²) in [4.78, 5) is 2.75. The van der Waals surface area contributed by atoms with Crippen LogP contribution in [0.25, 0.3) is 0 Å². The molecular formula is C17H23NS. The first-order valence-corrected chi connectivity index (χ1v) is 7.80. The van der Waals surface area contributed by atoms with Crippen molar-refractivity contribution in [2.75, 3.05) is 7.05 Å². The Morgan fingerprint density at radius 3 is 2.16 bits per heavy atom. The third kappa shape index (κ3) is 3.26. The van der Waals surface area contributed by atoms with Crippen LogP contribution in [0.1, 0.15) is 53.1 Å². The van der Waals surface area contributed by atoms with Gasteiger partial charge in [-0.05, 0) is 49.6 Å². The predicted molar refractivity (Wildman–Crippen MR) is 85.1 cm³/mol. The maximum Gasteiger partial charge on any atom is 0.0668 e. The van der Waals surface area contributed by atoms with Crippen molar-refractivity contribution in [1.82, 2.24) is 5.32 Å². The van der Waals surface area contributed by atoms with Gasteiger partial charge in [-0.2, -0.15) is 0 Å². The summed E-state index contributed by atoms with van der Waals surface area (Å²) in [6.07, 6.45) is 1.19. The third-order valence-electron chi connectivity index (χ3n) is 3.79. The highest BCUT2D eigenvalue weighted by Gasteiger charge is 2.14. The lowest BCUT2D eigenvalue weighted by molar-refractivity contribution is 0.699. The molecule has 2 unspecified atom stereocenters. The monoisotopic (exact) mass is 273 g/mol. The second-order valence-electron chi connectivity index (χ2n) is 5.15. The highest BCUT2D eigenvalue weighted by atomic mass is 32.1. The molecule has 1 aromatic heterocycles. The van der Waals surface area contributed by atoms with Crippen LogP contribution in [0, 0.1) is 6.92 Å². The molecule has 0 bridgehead atoms. The Balaban J connectivity index is 2.24. The molecule has 19 heavy (non-hydrogen) atoms. The van der Waals surface area contributed by atoms with E-state index in [9.17, 15) is 0 Å². The van der Waals surface area contributed by atoms with Gasteiger partial charge in [0.15, 0.2) is 0 Å². The Labute approximate surface area is 120 Å². The summed E-state index contributed by atoms with van der Waals surface area (Å²) in [6.45, 7) is 6.68. The number of rotatable bonds is 5. The zero-order valence-corrected chi connectivity index (χ0v) is 13.1. The molecule has 1 aromatic carbocycles. The minimum absolute atomic E-state index is 0.310. The lowest BCUT2D eigenvalue weighted by atomic mass is 9.96. The molecule has 0 aliphatic carbocycles. The van der Waals surface area contributed by atoms with Gasteiger partial charge in [0.05, 0.1) is 6.04 Å². The van der Waals surface area contributed by atoms with Crippen molar-refractivity contribution in [3.05, 3.63) is 57.3 Å². The second-order valence-corrected chi connectivity index (χ2v) is 6.47. The van der Waals surface area contributed by atoms with Crippen LogP contribution in [0.4, 0.5) is 0 Å². The number of benzene rings is 1. The Hall–Kier alpha value is -1.12. The Morgan fingerprint density at radius 1 is 1.05 bits per heavy atom. The van der Waals surface area contributed by atoms with E-state index in [1.54, 1.807) is 0 Å². The quantitative estimate of drug-likeness (QED) is 0.818. The highest BCUT2D eigenvalue weighted by molar-refractivity contribution is 7.12. The summed E-state index contributed by atoms with van der Waals surface area (Å²) in [5.74, 6) is 0.645. The Bertz CT molecular complexity index is 512. The second kappa shape index (κ2) is 6.36. The average molecular weight is 273 g/mol. The highest BCUT2D eigenvalue weighted by Crippen LogP contribution is 2.29. The van der Waals surface area contributed by atoms with Crippen LogP contribution in [-0.4, -0.2) is 7.05 Å². The van der Waals surface area contributed by atoms with Crippen molar-refractivity contribution in [3.8, 4) is 0 Å². The molecule has 0 aliphatic rings. The first kappa shape index (κ1) is 14.3. The van der Waals surface area contributed by atoms with Crippen molar-refractivity contribution in [3.63, 3.8) is 0 Å². The van der Waals surface area contributed by atoms with Crippen LogP contribution in [0.15, 0.2) is 36.4 Å². The van der Waals surface area contributed by atoms with E-state index < -0.39 is 0 Å². The van der Waals surface area contributed by atoms with E-state index in [1.807, 2.05) is 18.4 Å². The molecule has 2 rings (SSSR count). The molecule has 0 amide bonds. The largest absolute Gasteiger partial charge is 0.309 e. The topological polar surface area (TPSA) is 12.0 Å². The molecule has 1 heterocycles. The van der Waals surface area contributed by atoms with E-state index in [-0.39, 0.29) is 0 Å². The van der Waals surface area contributed by atoms with Crippen molar-refractivity contribution in [2.24, 2.45) is 0 Å². The first-order chi connectivity index (χ1) is 9.15. The molecular weight excluding hydrogens is 250 g/mol. The van der Waals surface area contributed by atoms with E-state index >= 15 is 0 Å². The molecule has 2 heteroatoms. The van der Waals surface area contributed by atoms with Crippen LogP contribution >= 0.6 is 11.3 Å². The van der Waals surface area contributed by atoms with E-state index in [0.717, 1.165) is 0 Å². The molecule has 102 valence electrons. The molecule has 1 nitrogen and oxygen atoms in total. The van der Waals surface area contributed by atoms with Gasteiger partial charge in [-0.3, -0.25) is 0 Å². The fourth-order valence-electron chi connectivity index (χ4n) is 2.33. The number of hydrogen-bond acceptors (Lipinski definition) is 2. The minimum atomic E-state index is 0.310. The van der Waals surface area contributed by atoms with E-state index in [1.165, 1.54) is 27.3 Å². The summed E-state index contributed by atoms with van der Waals surface area (Å²) >= 11 is 1.87. The maximum atomic E-state index is 3.42. The van der Waals surface area contributed by atoms with Crippen LogP contribution in [0.2, 0.25) is 0 Å². The minimum Gasteiger partial charge on any atom is -0.309 e. The van der Waals surface area contributed by atoms with Gasteiger partial charge in [0.2, 0.25) is 0 Å². The third-order valence-corrected chi connectivity index (χ3v) is 4.85. The Kier molecular flexibility index (Phi) is 4.78.